The molecule has 0 bridgehead atoms. The molecule has 1 saturated heterocycles. The Morgan fingerprint density at radius 2 is 1.97 bits per heavy atom. The van der Waals surface area contributed by atoms with Crippen molar-refractivity contribution < 1.29 is 9.53 Å². The highest BCUT2D eigenvalue weighted by Crippen LogP contribution is 2.30. The van der Waals surface area contributed by atoms with Crippen LogP contribution in [-0.2, 0) is 4.79 Å². The fourth-order valence-corrected chi connectivity index (χ4v) is 3.85. The maximum absolute atomic E-state index is 12.1. The quantitative estimate of drug-likeness (QED) is 0.645. The first-order valence-corrected chi connectivity index (χ1v) is 10.9. The van der Waals surface area contributed by atoms with E-state index >= 15 is 0 Å². The van der Waals surface area contributed by atoms with Crippen LogP contribution in [0.2, 0.25) is 0 Å². The minimum absolute atomic E-state index is 0.0334. The van der Waals surface area contributed by atoms with Gasteiger partial charge in [-0.25, -0.2) is 9.97 Å². The Bertz CT molecular complexity index is 1220. The minimum Gasteiger partial charge on any atom is -0.487 e. The number of rotatable bonds is 4. The van der Waals surface area contributed by atoms with Crippen molar-refractivity contribution in [2.75, 3.05) is 25.5 Å². The topological polar surface area (TPSA) is 80.2 Å². The molecule has 2 fully saturated rings. The van der Waals surface area contributed by atoms with Gasteiger partial charge in [-0.05, 0) is 57.4 Å². The van der Waals surface area contributed by atoms with Gasteiger partial charge in [0.2, 0.25) is 5.91 Å². The van der Waals surface area contributed by atoms with Crippen molar-refractivity contribution in [1.82, 2.24) is 19.9 Å². The van der Waals surface area contributed by atoms with Crippen LogP contribution in [0.1, 0.15) is 36.2 Å². The summed E-state index contributed by atoms with van der Waals surface area (Å²) in [5, 5.41) is 4.74. The van der Waals surface area contributed by atoms with Crippen molar-refractivity contribution >= 4 is 22.5 Å². The number of carbonyl (C=O) groups is 1. The van der Waals surface area contributed by atoms with Crippen molar-refractivity contribution in [2.24, 2.45) is 5.92 Å². The van der Waals surface area contributed by atoms with Gasteiger partial charge in [-0.3, -0.25) is 9.78 Å². The van der Waals surface area contributed by atoms with Crippen molar-refractivity contribution in [3.05, 3.63) is 53.7 Å². The molecule has 7 nitrogen and oxygen atoms in total. The SMILES string of the molecule is Cc1ncc(C#Cc2ccc(O[C@@H]3CCN(C)C3)cn2)c2cc(NC(=O)C3CC3)ncc12. The fraction of sp³-hybridized carbons (Fsp3) is 0.360. The predicted octanol–water partition coefficient (Wildman–Crippen LogP) is 3.16. The average molecular weight is 428 g/mol. The lowest BCUT2D eigenvalue weighted by atomic mass is 10.1. The van der Waals surface area contributed by atoms with Crippen LogP contribution in [0.3, 0.4) is 0 Å². The highest BCUT2D eigenvalue weighted by Gasteiger charge is 2.29. The number of carbonyl (C=O) groups excluding carboxylic acids is 1. The van der Waals surface area contributed by atoms with Gasteiger partial charge in [-0.2, -0.15) is 0 Å². The van der Waals surface area contributed by atoms with E-state index in [1.807, 2.05) is 25.1 Å². The Kier molecular flexibility index (Phi) is 5.46. The van der Waals surface area contributed by atoms with E-state index in [2.05, 4.69) is 44.1 Å². The van der Waals surface area contributed by atoms with Crippen LogP contribution in [0.25, 0.3) is 10.8 Å². The molecule has 0 spiro atoms. The molecule has 1 amide bonds. The van der Waals surface area contributed by atoms with E-state index in [1.165, 1.54) is 0 Å². The van der Waals surface area contributed by atoms with Crippen molar-refractivity contribution in [3.63, 3.8) is 0 Å². The van der Waals surface area contributed by atoms with Gasteiger partial charge in [0.25, 0.3) is 0 Å². The van der Waals surface area contributed by atoms with Crippen molar-refractivity contribution in [3.8, 4) is 17.6 Å². The monoisotopic (exact) mass is 427 g/mol. The first-order chi connectivity index (χ1) is 15.5. The smallest absolute Gasteiger partial charge is 0.228 e. The molecule has 7 heteroatoms. The minimum atomic E-state index is 0.0334. The molecule has 2 aliphatic rings. The fourth-order valence-electron chi connectivity index (χ4n) is 3.85. The number of amides is 1. The molecule has 1 atom stereocenters. The van der Waals surface area contributed by atoms with Gasteiger partial charge in [-0.1, -0.05) is 5.92 Å². The van der Waals surface area contributed by atoms with E-state index in [0.717, 1.165) is 60.1 Å². The molecular weight excluding hydrogens is 402 g/mol. The number of aryl methyl sites for hydroxylation is 1. The maximum atomic E-state index is 12.1. The Labute approximate surface area is 187 Å². The summed E-state index contributed by atoms with van der Waals surface area (Å²) >= 11 is 0. The summed E-state index contributed by atoms with van der Waals surface area (Å²) < 4.78 is 6.00. The van der Waals surface area contributed by atoms with Crippen LogP contribution < -0.4 is 10.1 Å². The first-order valence-electron chi connectivity index (χ1n) is 10.9. The zero-order valence-corrected chi connectivity index (χ0v) is 18.3. The summed E-state index contributed by atoms with van der Waals surface area (Å²) in [5.41, 5.74) is 2.30. The van der Waals surface area contributed by atoms with Crippen LogP contribution in [0.15, 0.2) is 36.8 Å². The van der Waals surface area contributed by atoms with Crippen molar-refractivity contribution in [1.29, 1.82) is 0 Å². The summed E-state index contributed by atoms with van der Waals surface area (Å²) in [7, 11) is 2.10. The summed E-state index contributed by atoms with van der Waals surface area (Å²) in [6.45, 7) is 3.93. The lowest BCUT2D eigenvalue weighted by Gasteiger charge is -2.13. The number of nitrogens with zero attached hydrogens (tertiary/aromatic N) is 4. The standard InChI is InChI=1S/C25H25N5O2/c1-16-23-14-28-24(29-25(31)17-3-4-17)11-22(23)18(12-26-16)5-6-19-7-8-20(13-27-19)32-21-9-10-30(2)15-21/h7-8,11-14,17,21H,3-4,9-10,15H2,1-2H3,(H,28,29,31)/t21-/m1/s1. The highest BCUT2D eigenvalue weighted by molar-refractivity contribution is 5.96. The largest absolute Gasteiger partial charge is 0.487 e. The Hall–Kier alpha value is -3.50. The molecule has 1 N–H and O–H groups in total. The molecule has 162 valence electrons. The number of likely N-dealkylation sites (tertiary alicyclic amines) is 1. The van der Waals surface area contributed by atoms with E-state index < -0.39 is 0 Å². The molecular formula is C25H25N5O2. The molecule has 3 aromatic heterocycles. The molecule has 1 aliphatic carbocycles. The van der Waals surface area contributed by atoms with E-state index in [0.29, 0.717) is 11.5 Å². The number of fused-ring (bicyclic) bond motifs is 1. The molecule has 0 unspecified atom stereocenters. The normalized spacial score (nSPS) is 18.2. The number of pyridine rings is 3. The molecule has 32 heavy (non-hydrogen) atoms. The van der Waals surface area contributed by atoms with Crippen molar-refractivity contribution in [2.45, 2.75) is 32.3 Å². The molecule has 4 heterocycles. The molecule has 3 aromatic rings. The van der Waals surface area contributed by atoms with Crippen LogP contribution in [0.5, 0.6) is 5.75 Å². The predicted molar refractivity (Wildman–Crippen MR) is 122 cm³/mol. The summed E-state index contributed by atoms with van der Waals surface area (Å²) in [5.74, 6) is 7.76. The molecule has 0 aromatic carbocycles. The van der Waals surface area contributed by atoms with Crippen LogP contribution in [0.4, 0.5) is 5.82 Å². The number of hydrogen-bond acceptors (Lipinski definition) is 6. The highest BCUT2D eigenvalue weighted by atomic mass is 16.5. The molecule has 1 aliphatic heterocycles. The lowest BCUT2D eigenvalue weighted by molar-refractivity contribution is -0.117. The second-order valence-corrected chi connectivity index (χ2v) is 8.56. The molecule has 5 rings (SSSR count). The lowest BCUT2D eigenvalue weighted by Crippen LogP contribution is -2.21. The van der Waals surface area contributed by atoms with Gasteiger partial charge in [0, 0.05) is 47.9 Å². The average Bonchev–Trinajstić information content (AvgIpc) is 3.57. The zero-order valence-electron chi connectivity index (χ0n) is 18.3. The summed E-state index contributed by atoms with van der Waals surface area (Å²) in [4.78, 5) is 27.6. The number of hydrogen-bond donors (Lipinski definition) is 1. The Morgan fingerprint density at radius 1 is 1.09 bits per heavy atom. The first kappa shape index (κ1) is 20.4. The molecule has 0 radical (unpaired) electrons. The van der Waals surface area contributed by atoms with E-state index in [1.54, 1.807) is 18.6 Å². The summed E-state index contributed by atoms with van der Waals surface area (Å²) in [6, 6.07) is 5.65. The number of ether oxygens (including phenoxy) is 1. The van der Waals surface area contributed by atoms with Crippen LogP contribution in [-0.4, -0.2) is 52.0 Å². The van der Waals surface area contributed by atoms with E-state index in [4.69, 9.17) is 4.74 Å². The van der Waals surface area contributed by atoms with Crippen LogP contribution in [0, 0.1) is 24.7 Å². The van der Waals surface area contributed by atoms with Gasteiger partial charge in [0.05, 0.1) is 11.8 Å². The number of aromatic nitrogens is 3. The number of likely N-dealkylation sites (N-methyl/N-ethyl adjacent to an activating group) is 1. The van der Waals surface area contributed by atoms with Gasteiger partial charge in [0.15, 0.2) is 0 Å². The van der Waals surface area contributed by atoms with E-state index in [9.17, 15) is 4.79 Å². The maximum Gasteiger partial charge on any atom is 0.228 e. The van der Waals surface area contributed by atoms with Gasteiger partial charge < -0.3 is 15.0 Å². The van der Waals surface area contributed by atoms with E-state index in [-0.39, 0.29) is 17.9 Å². The molecule has 1 saturated carbocycles. The van der Waals surface area contributed by atoms with Gasteiger partial charge >= 0.3 is 0 Å². The number of anilines is 1. The third-order valence-corrected chi connectivity index (χ3v) is 5.88. The Balaban J connectivity index is 1.36. The van der Waals surface area contributed by atoms with Crippen LogP contribution >= 0.6 is 0 Å². The third kappa shape index (κ3) is 4.56. The number of nitrogens with one attached hydrogen (secondary N) is 1. The van der Waals surface area contributed by atoms with Gasteiger partial charge in [-0.15, -0.1) is 0 Å². The summed E-state index contributed by atoms with van der Waals surface area (Å²) in [6.07, 6.45) is 8.38. The second-order valence-electron chi connectivity index (χ2n) is 8.56. The Morgan fingerprint density at radius 3 is 2.69 bits per heavy atom. The third-order valence-electron chi connectivity index (χ3n) is 5.88. The van der Waals surface area contributed by atoms with Gasteiger partial charge in [0.1, 0.15) is 23.4 Å². The zero-order chi connectivity index (χ0) is 22.1. The second kappa shape index (κ2) is 8.56.